The molecule has 5 nitrogen and oxygen atoms in total. The number of alkyl halides is 3. The van der Waals surface area contributed by atoms with Crippen molar-refractivity contribution in [2.75, 3.05) is 12.8 Å². The fourth-order valence-corrected chi connectivity index (χ4v) is 1.61. The van der Waals surface area contributed by atoms with Crippen LogP contribution in [0, 0.1) is 0 Å². The molecule has 0 aliphatic rings. The maximum absolute atomic E-state index is 13.0. The molecule has 2 heterocycles. The van der Waals surface area contributed by atoms with Gasteiger partial charge in [0.15, 0.2) is 11.5 Å². The fourth-order valence-electron chi connectivity index (χ4n) is 1.61. The normalized spacial score (nSPS) is 11.4. The third-order valence-electron chi connectivity index (χ3n) is 2.49. The Balaban J connectivity index is 2.71. The Hall–Kier alpha value is -2.51. The second kappa shape index (κ2) is 4.87. The van der Waals surface area contributed by atoms with E-state index in [-0.39, 0.29) is 5.76 Å². The highest BCUT2D eigenvalue weighted by Gasteiger charge is 2.37. The lowest BCUT2D eigenvalue weighted by Gasteiger charge is -2.13. The Kier molecular flexibility index (Phi) is 3.39. The van der Waals surface area contributed by atoms with Crippen molar-refractivity contribution in [3.05, 3.63) is 35.7 Å². The van der Waals surface area contributed by atoms with Gasteiger partial charge in [-0.3, -0.25) is 0 Å². The molecule has 8 heteroatoms. The third kappa shape index (κ3) is 2.44. The molecular weight excluding hydrogens is 277 g/mol. The third-order valence-corrected chi connectivity index (χ3v) is 2.49. The van der Waals surface area contributed by atoms with Crippen LogP contribution in [-0.2, 0) is 10.9 Å². The number of nitrogens with two attached hydrogens (primary N) is 1. The quantitative estimate of drug-likeness (QED) is 0.859. The fraction of sp³-hybridized carbons (Fsp3) is 0.167. The summed E-state index contributed by atoms with van der Waals surface area (Å²) in [5.74, 6) is -1.05. The highest BCUT2D eigenvalue weighted by molar-refractivity contribution is 5.93. The molecule has 0 radical (unpaired) electrons. The summed E-state index contributed by atoms with van der Waals surface area (Å²) in [5.41, 5.74) is 3.01. The van der Waals surface area contributed by atoms with E-state index in [1.54, 1.807) is 0 Å². The number of halogens is 3. The van der Waals surface area contributed by atoms with Crippen LogP contribution in [0.25, 0.3) is 11.5 Å². The van der Waals surface area contributed by atoms with Gasteiger partial charge >= 0.3 is 12.1 Å². The monoisotopic (exact) mass is 286 g/mol. The number of hydrogen-bond acceptors (Lipinski definition) is 5. The maximum atomic E-state index is 13.0. The summed E-state index contributed by atoms with van der Waals surface area (Å²) in [4.78, 5) is 15.1. The summed E-state index contributed by atoms with van der Waals surface area (Å²) in [6.07, 6.45) is -3.48. The van der Waals surface area contributed by atoms with Crippen molar-refractivity contribution in [3.8, 4) is 11.5 Å². The first-order chi connectivity index (χ1) is 9.34. The summed E-state index contributed by atoms with van der Waals surface area (Å²) >= 11 is 0. The maximum Gasteiger partial charge on any atom is 0.418 e. The number of ether oxygens (including phenoxy) is 1. The molecule has 2 aromatic rings. The Labute approximate surface area is 111 Å². The molecule has 0 fully saturated rings. The van der Waals surface area contributed by atoms with Crippen molar-refractivity contribution >= 4 is 11.7 Å². The molecule has 0 aliphatic heterocycles. The standard InChI is InChI=1S/C12H9F3N2O3/c1-19-11(18)10-7(16)5-6(12(13,14)15)9(17-10)8-3-2-4-20-8/h2-5H,16H2,1H3. The number of nitrogens with zero attached hydrogens (tertiary/aromatic N) is 1. The smallest absolute Gasteiger partial charge is 0.418 e. The van der Waals surface area contributed by atoms with E-state index in [0.717, 1.165) is 7.11 Å². The molecule has 0 atom stereocenters. The number of anilines is 1. The SMILES string of the molecule is COC(=O)c1nc(-c2ccco2)c(C(F)(F)F)cc1N. The van der Waals surface area contributed by atoms with Crippen LogP contribution in [-0.4, -0.2) is 18.1 Å². The van der Waals surface area contributed by atoms with Gasteiger partial charge in [-0.1, -0.05) is 0 Å². The molecule has 2 rings (SSSR count). The van der Waals surface area contributed by atoms with E-state index >= 15 is 0 Å². The molecule has 0 aromatic carbocycles. The van der Waals surface area contributed by atoms with Crippen molar-refractivity contribution in [2.24, 2.45) is 0 Å². The van der Waals surface area contributed by atoms with Crippen LogP contribution in [0.2, 0.25) is 0 Å². The van der Waals surface area contributed by atoms with E-state index in [1.165, 1.54) is 18.4 Å². The Morgan fingerprint density at radius 2 is 2.15 bits per heavy atom. The van der Waals surface area contributed by atoms with E-state index in [9.17, 15) is 18.0 Å². The van der Waals surface area contributed by atoms with Gasteiger partial charge in [-0.05, 0) is 18.2 Å². The van der Waals surface area contributed by atoms with E-state index in [1.807, 2.05) is 0 Å². The molecule has 0 aliphatic carbocycles. The summed E-state index contributed by atoms with van der Waals surface area (Å²) in [5, 5.41) is 0. The van der Waals surface area contributed by atoms with Gasteiger partial charge in [-0.2, -0.15) is 13.2 Å². The number of carbonyl (C=O) groups excluding carboxylic acids is 1. The van der Waals surface area contributed by atoms with E-state index < -0.39 is 34.8 Å². The van der Waals surface area contributed by atoms with Gasteiger partial charge in [0, 0.05) is 0 Å². The molecule has 0 saturated carbocycles. The van der Waals surface area contributed by atoms with Crippen molar-refractivity contribution in [2.45, 2.75) is 6.18 Å². The van der Waals surface area contributed by atoms with Crippen LogP contribution in [0.5, 0.6) is 0 Å². The first kappa shape index (κ1) is 13.9. The van der Waals surface area contributed by atoms with Gasteiger partial charge in [0.1, 0.15) is 5.69 Å². The minimum absolute atomic E-state index is 0.123. The lowest BCUT2D eigenvalue weighted by molar-refractivity contribution is -0.137. The number of carbonyl (C=O) groups is 1. The molecule has 2 aromatic heterocycles. The molecule has 0 bridgehead atoms. The van der Waals surface area contributed by atoms with Gasteiger partial charge in [0.2, 0.25) is 0 Å². The zero-order chi connectivity index (χ0) is 14.9. The van der Waals surface area contributed by atoms with Gasteiger partial charge in [-0.15, -0.1) is 0 Å². The Morgan fingerprint density at radius 1 is 1.45 bits per heavy atom. The average Bonchev–Trinajstić information content (AvgIpc) is 2.90. The minimum atomic E-state index is -4.68. The van der Waals surface area contributed by atoms with Crippen LogP contribution in [0.15, 0.2) is 28.9 Å². The molecule has 0 unspecified atom stereocenters. The number of hydrogen-bond donors (Lipinski definition) is 1. The van der Waals surface area contributed by atoms with Crippen molar-refractivity contribution < 1.29 is 27.1 Å². The molecule has 0 saturated heterocycles. The summed E-state index contributed by atoms with van der Waals surface area (Å²) < 4.78 is 48.3. The van der Waals surface area contributed by atoms with E-state index in [2.05, 4.69) is 9.72 Å². The summed E-state index contributed by atoms with van der Waals surface area (Å²) in [6, 6.07) is 3.34. The Morgan fingerprint density at radius 3 is 2.65 bits per heavy atom. The molecule has 20 heavy (non-hydrogen) atoms. The number of nitrogen functional groups attached to an aromatic ring is 1. The summed E-state index contributed by atoms with van der Waals surface area (Å²) in [6.45, 7) is 0. The Bertz CT molecular complexity index is 636. The number of furan rings is 1. The lowest BCUT2D eigenvalue weighted by Crippen LogP contribution is -2.15. The number of aromatic nitrogens is 1. The largest absolute Gasteiger partial charge is 0.464 e. The first-order valence-corrected chi connectivity index (χ1v) is 5.34. The highest BCUT2D eigenvalue weighted by atomic mass is 19.4. The van der Waals surface area contributed by atoms with Crippen LogP contribution in [0.1, 0.15) is 16.1 Å². The van der Waals surface area contributed by atoms with Crippen molar-refractivity contribution in [1.29, 1.82) is 0 Å². The minimum Gasteiger partial charge on any atom is -0.464 e. The average molecular weight is 286 g/mol. The van der Waals surface area contributed by atoms with Gasteiger partial charge in [0.25, 0.3) is 0 Å². The predicted octanol–water partition coefficient (Wildman–Crippen LogP) is 2.73. The zero-order valence-corrected chi connectivity index (χ0v) is 10.2. The predicted molar refractivity (Wildman–Crippen MR) is 62.7 cm³/mol. The van der Waals surface area contributed by atoms with Crippen molar-refractivity contribution in [3.63, 3.8) is 0 Å². The second-order valence-electron chi connectivity index (χ2n) is 3.79. The molecule has 0 spiro atoms. The second-order valence-corrected chi connectivity index (χ2v) is 3.79. The zero-order valence-electron chi connectivity index (χ0n) is 10.2. The number of rotatable bonds is 2. The lowest BCUT2D eigenvalue weighted by atomic mass is 10.1. The van der Waals surface area contributed by atoms with Crippen molar-refractivity contribution in [1.82, 2.24) is 4.98 Å². The first-order valence-electron chi connectivity index (χ1n) is 5.34. The molecular formula is C12H9F3N2O3. The van der Waals surface area contributed by atoms with Crippen LogP contribution >= 0.6 is 0 Å². The highest BCUT2D eigenvalue weighted by Crippen LogP contribution is 2.38. The molecule has 2 N–H and O–H groups in total. The molecule has 106 valence electrons. The van der Waals surface area contributed by atoms with Crippen LogP contribution in [0.4, 0.5) is 18.9 Å². The van der Waals surface area contributed by atoms with Crippen LogP contribution in [0.3, 0.4) is 0 Å². The van der Waals surface area contributed by atoms with E-state index in [4.69, 9.17) is 10.2 Å². The topological polar surface area (TPSA) is 78.3 Å². The van der Waals surface area contributed by atoms with E-state index in [0.29, 0.717) is 6.07 Å². The number of esters is 1. The number of methoxy groups -OCH3 is 1. The van der Waals surface area contributed by atoms with Crippen LogP contribution < -0.4 is 5.73 Å². The molecule has 0 amide bonds. The van der Waals surface area contributed by atoms with Gasteiger partial charge in [-0.25, -0.2) is 9.78 Å². The van der Waals surface area contributed by atoms with Gasteiger partial charge < -0.3 is 14.9 Å². The van der Waals surface area contributed by atoms with Gasteiger partial charge in [0.05, 0.1) is 24.6 Å². The number of pyridine rings is 1. The summed E-state index contributed by atoms with van der Waals surface area (Å²) in [7, 11) is 1.08.